The maximum atomic E-state index is 3.43. The van der Waals surface area contributed by atoms with Crippen LogP contribution in [0, 0.1) is 0 Å². The molecule has 0 aliphatic carbocycles. The second kappa shape index (κ2) is 1.96. The molecule has 54 valence electrons. The first-order valence-corrected chi connectivity index (χ1v) is 3.57. The minimum Gasteiger partial charge on any atom is -0.296 e. The van der Waals surface area contributed by atoms with Gasteiger partial charge in [-0.3, -0.25) is 10.6 Å². The van der Waals surface area contributed by atoms with Crippen molar-refractivity contribution in [2.75, 3.05) is 0 Å². The minimum atomic E-state index is 0.138. The van der Waals surface area contributed by atoms with Crippen LogP contribution in [0.2, 0.25) is 0 Å². The summed E-state index contributed by atoms with van der Waals surface area (Å²) in [4.78, 5) is 0. The van der Waals surface area contributed by atoms with E-state index < -0.39 is 0 Å². The monoisotopic (exact) mass is 128 g/mol. The molecule has 2 N–H and O–H groups in total. The molecule has 1 fully saturated rings. The fourth-order valence-electron chi connectivity index (χ4n) is 1.43. The van der Waals surface area contributed by atoms with Crippen LogP contribution in [0.25, 0.3) is 0 Å². The number of nitrogens with one attached hydrogen (secondary N) is 2. The lowest BCUT2D eigenvalue weighted by Crippen LogP contribution is -2.43. The largest absolute Gasteiger partial charge is 0.296 e. The summed E-state index contributed by atoms with van der Waals surface area (Å²) in [7, 11) is 0. The van der Waals surface area contributed by atoms with E-state index in [0.717, 1.165) is 0 Å². The first-order chi connectivity index (χ1) is 4.01. The smallest absolute Gasteiger partial charge is 0.0634 e. The number of hydrogen-bond donors (Lipinski definition) is 2. The second-order valence-corrected chi connectivity index (χ2v) is 3.49. The lowest BCUT2D eigenvalue weighted by Gasteiger charge is -2.18. The molecule has 0 amide bonds. The Hall–Kier alpha value is -0.0800. The highest BCUT2D eigenvalue weighted by Gasteiger charge is 2.31. The molecule has 1 heterocycles. The third-order valence-corrected chi connectivity index (χ3v) is 1.93. The van der Waals surface area contributed by atoms with Gasteiger partial charge in [0, 0.05) is 12.1 Å². The van der Waals surface area contributed by atoms with Crippen LogP contribution in [0.1, 0.15) is 27.7 Å². The van der Waals surface area contributed by atoms with Crippen LogP contribution in [0.3, 0.4) is 0 Å². The highest BCUT2D eigenvalue weighted by molar-refractivity contribution is 4.93. The Bertz CT molecular complexity index is 97.5. The lowest BCUT2D eigenvalue weighted by molar-refractivity contribution is 0.392. The van der Waals surface area contributed by atoms with Gasteiger partial charge in [-0.15, -0.1) is 0 Å². The maximum absolute atomic E-state index is 3.43. The molecule has 0 aromatic heterocycles. The molecule has 0 spiro atoms. The molecule has 0 saturated carbocycles. The molecular weight excluding hydrogens is 112 g/mol. The van der Waals surface area contributed by atoms with Gasteiger partial charge >= 0.3 is 0 Å². The van der Waals surface area contributed by atoms with Gasteiger partial charge in [0.25, 0.3) is 0 Å². The average molecular weight is 128 g/mol. The van der Waals surface area contributed by atoms with Crippen molar-refractivity contribution >= 4 is 0 Å². The quantitative estimate of drug-likeness (QED) is 0.501. The Balaban J connectivity index is 2.54. The van der Waals surface area contributed by atoms with Crippen molar-refractivity contribution in [3.63, 3.8) is 0 Å². The Morgan fingerprint density at radius 1 is 1.00 bits per heavy atom. The van der Waals surface area contributed by atoms with Crippen molar-refractivity contribution in [2.45, 2.75) is 45.4 Å². The molecule has 1 rings (SSSR count). The molecule has 1 saturated heterocycles. The molecule has 2 unspecified atom stereocenters. The predicted molar refractivity (Wildman–Crippen MR) is 39.3 cm³/mol. The predicted octanol–water partition coefficient (Wildman–Crippen LogP) is 0.692. The van der Waals surface area contributed by atoms with Crippen LogP contribution in [-0.4, -0.2) is 17.7 Å². The van der Waals surface area contributed by atoms with E-state index >= 15 is 0 Å². The Kier molecular flexibility index (Phi) is 1.53. The van der Waals surface area contributed by atoms with Crippen molar-refractivity contribution in [2.24, 2.45) is 0 Å². The zero-order chi connectivity index (χ0) is 7.07. The molecule has 0 aromatic rings. The molecule has 9 heavy (non-hydrogen) atoms. The van der Waals surface area contributed by atoms with Crippen molar-refractivity contribution in [1.82, 2.24) is 10.6 Å². The Labute approximate surface area is 57.0 Å². The van der Waals surface area contributed by atoms with E-state index in [1.54, 1.807) is 0 Å². The Morgan fingerprint density at radius 3 is 1.44 bits per heavy atom. The summed E-state index contributed by atoms with van der Waals surface area (Å²) in [6.07, 6.45) is 0. The van der Waals surface area contributed by atoms with Gasteiger partial charge in [-0.25, -0.2) is 0 Å². The van der Waals surface area contributed by atoms with Gasteiger partial charge in [0.15, 0.2) is 0 Å². The van der Waals surface area contributed by atoms with Crippen LogP contribution in [0.15, 0.2) is 0 Å². The molecule has 1 aliphatic rings. The van der Waals surface area contributed by atoms with E-state index in [1.807, 2.05) is 0 Å². The van der Waals surface area contributed by atoms with E-state index in [4.69, 9.17) is 0 Å². The molecule has 0 bridgehead atoms. The van der Waals surface area contributed by atoms with Crippen molar-refractivity contribution in [3.8, 4) is 0 Å². The summed E-state index contributed by atoms with van der Waals surface area (Å²) < 4.78 is 0. The van der Waals surface area contributed by atoms with Gasteiger partial charge < -0.3 is 0 Å². The SMILES string of the molecule is CC1NC(C)(C)NC1C. The van der Waals surface area contributed by atoms with Gasteiger partial charge in [-0.1, -0.05) is 0 Å². The van der Waals surface area contributed by atoms with Crippen LogP contribution in [0.4, 0.5) is 0 Å². The first-order valence-electron chi connectivity index (χ1n) is 3.57. The summed E-state index contributed by atoms with van der Waals surface area (Å²) in [5.74, 6) is 0. The fraction of sp³-hybridized carbons (Fsp3) is 1.00. The second-order valence-electron chi connectivity index (χ2n) is 3.49. The van der Waals surface area contributed by atoms with Gasteiger partial charge in [0.1, 0.15) is 0 Å². The Morgan fingerprint density at radius 2 is 1.33 bits per heavy atom. The first kappa shape index (κ1) is 7.03. The third-order valence-electron chi connectivity index (χ3n) is 1.93. The van der Waals surface area contributed by atoms with Crippen molar-refractivity contribution in [3.05, 3.63) is 0 Å². The lowest BCUT2D eigenvalue weighted by atomic mass is 10.2. The maximum Gasteiger partial charge on any atom is 0.0634 e. The van der Waals surface area contributed by atoms with Gasteiger partial charge in [-0.2, -0.15) is 0 Å². The molecule has 0 radical (unpaired) electrons. The highest BCUT2D eigenvalue weighted by Crippen LogP contribution is 2.11. The third kappa shape index (κ3) is 1.43. The van der Waals surface area contributed by atoms with Gasteiger partial charge in [0.05, 0.1) is 5.66 Å². The number of rotatable bonds is 0. The fourth-order valence-corrected chi connectivity index (χ4v) is 1.43. The van der Waals surface area contributed by atoms with Crippen LogP contribution in [0.5, 0.6) is 0 Å². The normalized spacial score (nSPS) is 41.3. The zero-order valence-electron chi connectivity index (χ0n) is 6.65. The van der Waals surface area contributed by atoms with Gasteiger partial charge in [-0.05, 0) is 27.7 Å². The molecule has 2 heteroatoms. The van der Waals surface area contributed by atoms with E-state index in [-0.39, 0.29) is 5.66 Å². The summed E-state index contributed by atoms with van der Waals surface area (Å²) in [5.41, 5.74) is 0.138. The summed E-state index contributed by atoms with van der Waals surface area (Å²) >= 11 is 0. The summed E-state index contributed by atoms with van der Waals surface area (Å²) in [6, 6.07) is 1.19. The molecule has 2 atom stereocenters. The van der Waals surface area contributed by atoms with E-state index in [9.17, 15) is 0 Å². The highest BCUT2D eigenvalue weighted by atomic mass is 15.3. The topological polar surface area (TPSA) is 24.1 Å². The van der Waals surface area contributed by atoms with E-state index in [2.05, 4.69) is 38.3 Å². The van der Waals surface area contributed by atoms with Crippen molar-refractivity contribution < 1.29 is 0 Å². The zero-order valence-corrected chi connectivity index (χ0v) is 6.65. The average Bonchev–Trinajstić information content (AvgIpc) is 1.79. The van der Waals surface area contributed by atoms with E-state index in [1.165, 1.54) is 0 Å². The van der Waals surface area contributed by atoms with Crippen molar-refractivity contribution in [1.29, 1.82) is 0 Å². The summed E-state index contributed by atoms with van der Waals surface area (Å²) in [6.45, 7) is 8.72. The molecule has 0 aromatic carbocycles. The molecule has 1 aliphatic heterocycles. The van der Waals surface area contributed by atoms with Crippen LogP contribution < -0.4 is 10.6 Å². The van der Waals surface area contributed by atoms with Crippen LogP contribution >= 0.6 is 0 Å². The number of hydrogen-bond acceptors (Lipinski definition) is 2. The van der Waals surface area contributed by atoms with Gasteiger partial charge in [0.2, 0.25) is 0 Å². The van der Waals surface area contributed by atoms with Crippen LogP contribution in [-0.2, 0) is 0 Å². The minimum absolute atomic E-state index is 0.138. The van der Waals surface area contributed by atoms with E-state index in [0.29, 0.717) is 12.1 Å². The molecular formula is C7H16N2. The standard InChI is InChI=1S/C7H16N2/c1-5-6(2)9-7(3,4)8-5/h5-6,8-9H,1-4H3. The summed E-state index contributed by atoms with van der Waals surface area (Å²) in [5, 5.41) is 6.86. The molecule has 2 nitrogen and oxygen atoms in total.